The average molecular weight is 394 g/mol. The van der Waals surface area contributed by atoms with E-state index in [0.29, 0.717) is 19.5 Å². The summed E-state index contributed by atoms with van der Waals surface area (Å²) >= 11 is 0. The first-order chi connectivity index (χ1) is 14.1. The van der Waals surface area contributed by atoms with Crippen LogP contribution in [0.2, 0.25) is 0 Å². The second-order valence-corrected chi connectivity index (χ2v) is 7.13. The molecule has 1 aliphatic rings. The number of hydrogen-bond donors (Lipinski definition) is 0. The molecule has 0 radical (unpaired) electrons. The van der Waals surface area contributed by atoms with E-state index in [1.807, 2.05) is 60.7 Å². The number of ether oxygens (including phenoxy) is 1. The number of carbonyl (C=O) groups is 3. The van der Waals surface area contributed by atoms with Crippen molar-refractivity contribution in [3.8, 4) is 0 Å². The molecule has 2 amide bonds. The lowest BCUT2D eigenvalue weighted by Gasteiger charge is -2.40. The molecular formula is C23H26N2O4. The minimum Gasteiger partial charge on any atom is -0.469 e. The van der Waals surface area contributed by atoms with Crippen LogP contribution < -0.4 is 0 Å². The highest BCUT2D eigenvalue weighted by atomic mass is 16.5. The van der Waals surface area contributed by atoms with Crippen molar-refractivity contribution in [2.75, 3.05) is 20.2 Å². The molecule has 1 saturated heterocycles. The number of methoxy groups -OCH3 is 1. The number of carbonyl (C=O) groups excluding carboxylic acids is 3. The number of hydrogen-bond acceptors (Lipinski definition) is 4. The zero-order chi connectivity index (χ0) is 20.6. The summed E-state index contributed by atoms with van der Waals surface area (Å²) in [5.74, 6) is -0.594. The van der Waals surface area contributed by atoms with Gasteiger partial charge in [0.1, 0.15) is 6.04 Å². The largest absolute Gasteiger partial charge is 0.469 e. The molecule has 0 aromatic heterocycles. The smallest absolute Gasteiger partial charge is 0.305 e. The summed E-state index contributed by atoms with van der Waals surface area (Å²) in [5, 5.41) is 0. The SMILES string of the molecule is COC(=O)CCC1C(=O)N(CCc2ccccc2)CC(=O)N1Cc1ccccc1. The third-order valence-corrected chi connectivity index (χ3v) is 5.18. The Morgan fingerprint density at radius 3 is 2.24 bits per heavy atom. The van der Waals surface area contributed by atoms with Crippen LogP contribution in [-0.4, -0.2) is 53.8 Å². The van der Waals surface area contributed by atoms with E-state index >= 15 is 0 Å². The van der Waals surface area contributed by atoms with Gasteiger partial charge in [0.05, 0.1) is 13.7 Å². The Morgan fingerprint density at radius 2 is 1.62 bits per heavy atom. The maximum absolute atomic E-state index is 13.2. The summed E-state index contributed by atoms with van der Waals surface area (Å²) in [7, 11) is 1.32. The summed E-state index contributed by atoms with van der Waals surface area (Å²) in [6, 6.07) is 18.8. The number of nitrogens with zero attached hydrogens (tertiary/aromatic N) is 2. The lowest BCUT2D eigenvalue weighted by atomic mass is 10.0. The van der Waals surface area contributed by atoms with Gasteiger partial charge in [0, 0.05) is 19.5 Å². The topological polar surface area (TPSA) is 66.9 Å². The Balaban J connectivity index is 1.74. The summed E-state index contributed by atoms with van der Waals surface area (Å²) in [5.41, 5.74) is 2.07. The normalized spacial score (nSPS) is 16.8. The number of esters is 1. The molecule has 2 aromatic rings. The fourth-order valence-corrected chi connectivity index (χ4v) is 3.56. The van der Waals surface area contributed by atoms with Crippen LogP contribution >= 0.6 is 0 Å². The molecule has 1 fully saturated rings. The second-order valence-electron chi connectivity index (χ2n) is 7.13. The first-order valence-electron chi connectivity index (χ1n) is 9.81. The quantitative estimate of drug-likeness (QED) is 0.645. The van der Waals surface area contributed by atoms with Crippen molar-refractivity contribution >= 4 is 17.8 Å². The Labute approximate surface area is 171 Å². The molecule has 6 heteroatoms. The van der Waals surface area contributed by atoms with E-state index in [9.17, 15) is 14.4 Å². The van der Waals surface area contributed by atoms with Gasteiger partial charge in [0.15, 0.2) is 0 Å². The maximum Gasteiger partial charge on any atom is 0.305 e. The van der Waals surface area contributed by atoms with Crippen molar-refractivity contribution < 1.29 is 19.1 Å². The van der Waals surface area contributed by atoms with Gasteiger partial charge in [-0.25, -0.2) is 0 Å². The fraction of sp³-hybridized carbons (Fsp3) is 0.348. The first-order valence-corrected chi connectivity index (χ1v) is 9.81. The number of amides is 2. The van der Waals surface area contributed by atoms with Gasteiger partial charge in [-0.05, 0) is 24.0 Å². The van der Waals surface area contributed by atoms with E-state index in [4.69, 9.17) is 4.74 Å². The lowest BCUT2D eigenvalue weighted by molar-refractivity contribution is -0.157. The molecule has 152 valence electrons. The standard InChI is InChI=1S/C23H26N2O4/c1-29-22(27)13-12-20-23(28)24(15-14-18-8-4-2-5-9-18)17-21(26)25(20)16-19-10-6-3-7-11-19/h2-11,20H,12-17H2,1H3. The average Bonchev–Trinajstić information content (AvgIpc) is 2.76. The van der Waals surface area contributed by atoms with Gasteiger partial charge in [-0.1, -0.05) is 60.7 Å². The zero-order valence-corrected chi connectivity index (χ0v) is 16.6. The minimum absolute atomic E-state index is 0.0627. The Kier molecular flexibility index (Phi) is 7.00. The lowest BCUT2D eigenvalue weighted by Crippen LogP contribution is -2.59. The number of benzene rings is 2. The van der Waals surface area contributed by atoms with Gasteiger partial charge in [-0.2, -0.15) is 0 Å². The maximum atomic E-state index is 13.2. The number of piperazine rings is 1. The summed E-state index contributed by atoms with van der Waals surface area (Å²) in [6.45, 7) is 0.888. The first kappa shape index (κ1) is 20.6. The van der Waals surface area contributed by atoms with Crippen LogP contribution in [0, 0.1) is 0 Å². The summed E-state index contributed by atoms with van der Waals surface area (Å²) in [6.07, 6.45) is 1.03. The molecular weight excluding hydrogens is 368 g/mol. The van der Waals surface area contributed by atoms with Gasteiger partial charge < -0.3 is 14.5 Å². The molecule has 6 nitrogen and oxygen atoms in total. The van der Waals surface area contributed by atoms with Gasteiger partial charge >= 0.3 is 5.97 Å². The van der Waals surface area contributed by atoms with Crippen LogP contribution in [-0.2, 0) is 32.1 Å². The van der Waals surface area contributed by atoms with E-state index in [1.165, 1.54) is 7.11 Å². The third kappa shape index (κ3) is 5.44. The van der Waals surface area contributed by atoms with Gasteiger partial charge in [-0.3, -0.25) is 14.4 Å². The van der Waals surface area contributed by atoms with E-state index in [0.717, 1.165) is 11.1 Å². The molecule has 1 unspecified atom stereocenters. The molecule has 0 bridgehead atoms. The van der Waals surface area contributed by atoms with Crippen molar-refractivity contribution in [3.63, 3.8) is 0 Å². The predicted octanol–water partition coefficient (Wildman–Crippen LogP) is 2.42. The van der Waals surface area contributed by atoms with E-state index in [2.05, 4.69) is 0 Å². The highest BCUT2D eigenvalue weighted by Crippen LogP contribution is 2.21. The molecule has 29 heavy (non-hydrogen) atoms. The molecule has 0 spiro atoms. The minimum atomic E-state index is -0.661. The Morgan fingerprint density at radius 1 is 1.00 bits per heavy atom. The van der Waals surface area contributed by atoms with Crippen LogP contribution in [0.3, 0.4) is 0 Å². The van der Waals surface area contributed by atoms with Crippen molar-refractivity contribution in [1.82, 2.24) is 9.80 Å². The molecule has 0 aliphatic carbocycles. The molecule has 1 atom stereocenters. The van der Waals surface area contributed by atoms with Crippen molar-refractivity contribution in [2.24, 2.45) is 0 Å². The molecule has 0 N–H and O–H groups in total. The summed E-state index contributed by atoms with van der Waals surface area (Å²) in [4.78, 5) is 40.9. The Bertz CT molecular complexity index is 838. The van der Waals surface area contributed by atoms with Gasteiger partial charge in [0.2, 0.25) is 11.8 Å². The van der Waals surface area contributed by atoms with Crippen LogP contribution in [0.15, 0.2) is 60.7 Å². The molecule has 3 rings (SSSR count). The van der Waals surface area contributed by atoms with Crippen LogP contribution in [0.4, 0.5) is 0 Å². The monoisotopic (exact) mass is 394 g/mol. The second kappa shape index (κ2) is 9.87. The van der Waals surface area contributed by atoms with Crippen molar-refractivity contribution in [3.05, 3.63) is 71.8 Å². The van der Waals surface area contributed by atoms with E-state index < -0.39 is 6.04 Å². The van der Waals surface area contributed by atoms with Crippen molar-refractivity contribution in [1.29, 1.82) is 0 Å². The van der Waals surface area contributed by atoms with Crippen LogP contribution in [0.1, 0.15) is 24.0 Å². The molecule has 2 aromatic carbocycles. The zero-order valence-electron chi connectivity index (χ0n) is 16.6. The molecule has 0 saturated carbocycles. The highest BCUT2D eigenvalue weighted by molar-refractivity contribution is 5.95. The molecule has 1 aliphatic heterocycles. The highest BCUT2D eigenvalue weighted by Gasteiger charge is 2.39. The van der Waals surface area contributed by atoms with Gasteiger partial charge in [0.25, 0.3) is 0 Å². The van der Waals surface area contributed by atoms with Crippen molar-refractivity contribution in [2.45, 2.75) is 31.8 Å². The molecule has 1 heterocycles. The predicted molar refractivity (Wildman–Crippen MR) is 109 cm³/mol. The summed E-state index contributed by atoms with van der Waals surface area (Å²) < 4.78 is 4.72. The van der Waals surface area contributed by atoms with Crippen LogP contribution in [0.25, 0.3) is 0 Å². The van der Waals surface area contributed by atoms with E-state index in [-0.39, 0.29) is 37.2 Å². The number of rotatable bonds is 8. The fourth-order valence-electron chi connectivity index (χ4n) is 3.56. The van der Waals surface area contributed by atoms with Crippen LogP contribution in [0.5, 0.6) is 0 Å². The van der Waals surface area contributed by atoms with E-state index in [1.54, 1.807) is 9.80 Å². The third-order valence-electron chi connectivity index (χ3n) is 5.18. The Hall–Kier alpha value is -3.15. The van der Waals surface area contributed by atoms with Gasteiger partial charge in [-0.15, -0.1) is 0 Å².